The average Bonchev–Trinajstić information content (AvgIpc) is 2.78. The van der Waals surface area contributed by atoms with E-state index in [2.05, 4.69) is 20.6 Å². The second-order valence-electron chi connectivity index (χ2n) is 3.14. The van der Waals surface area contributed by atoms with E-state index in [1.165, 1.54) is 0 Å². The molecule has 0 unspecified atom stereocenters. The van der Waals surface area contributed by atoms with Crippen LogP contribution in [0.15, 0.2) is 24.5 Å². The first-order valence-electron chi connectivity index (χ1n) is 4.87. The van der Waals surface area contributed by atoms with Crippen LogP contribution in [0, 0.1) is 0 Å². The first-order chi connectivity index (χ1) is 7.33. The monoisotopic (exact) mass is 203 g/mol. The van der Waals surface area contributed by atoms with E-state index >= 15 is 0 Å². The van der Waals surface area contributed by atoms with Gasteiger partial charge in [0.05, 0.1) is 11.9 Å². The maximum atomic E-state index is 4.19. The lowest BCUT2D eigenvalue weighted by molar-refractivity contribution is 0.660. The molecule has 0 amide bonds. The molecule has 0 aliphatic rings. The zero-order valence-corrected chi connectivity index (χ0v) is 8.81. The van der Waals surface area contributed by atoms with E-state index in [1.807, 2.05) is 37.0 Å². The highest BCUT2D eigenvalue weighted by atomic mass is 15.3. The normalized spacial score (nSPS) is 10.3. The van der Waals surface area contributed by atoms with Crippen molar-refractivity contribution < 1.29 is 0 Å². The molecular weight excluding hydrogens is 190 g/mol. The SMILES string of the molecule is CCn1cc(-c2ccc(NC)nn2)cn1. The number of anilines is 1. The highest BCUT2D eigenvalue weighted by Crippen LogP contribution is 2.15. The Labute approximate surface area is 88.1 Å². The van der Waals surface area contributed by atoms with Crippen LogP contribution in [0.25, 0.3) is 11.3 Å². The fraction of sp³-hybridized carbons (Fsp3) is 0.300. The molecule has 0 radical (unpaired) electrons. The Morgan fingerprint density at radius 1 is 1.33 bits per heavy atom. The van der Waals surface area contributed by atoms with Crippen LogP contribution >= 0.6 is 0 Å². The van der Waals surface area contributed by atoms with Gasteiger partial charge in [0, 0.05) is 25.4 Å². The summed E-state index contributed by atoms with van der Waals surface area (Å²) < 4.78 is 1.86. The van der Waals surface area contributed by atoms with Gasteiger partial charge in [0.25, 0.3) is 0 Å². The van der Waals surface area contributed by atoms with Gasteiger partial charge in [-0.15, -0.1) is 10.2 Å². The van der Waals surface area contributed by atoms with Crippen LogP contribution in [0.2, 0.25) is 0 Å². The minimum Gasteiger partial charge on any atom is -0.372 e. The molecule has 5 heteroatoms. The minimum atomic E-state index is 0.765. The van der Waals surface area contributed by atoms with Gasteiger partial charge in [-0.2, -0.15) is 5.10 Å². The van der Waals surface area contributed by atoms with Crippen molar-refractivity contribution in [2.24, 2.45) is 0 Å². The van der Waals surface area contributed by atoms with Crippen molar-refractivity contribution in [3.8, 4) is 11.3 Å². The Morgan fingerprint density at radius 2 is 2.20 bits per heavy atom. The van der Waals surface area contributed by atoms with Crippen molar-refractivity contribution in [1.29, 1.82) is 0 Å². The molecular formula is C10H13N5. The molecule has 78 valence electrons. The van der Waals surface area contributed by atoms with E-state index < -0.39 is 0 Å². The molecule has 1 N–H and O–H groups in total. The number of nitrogens with zero attached hydrogens (tertiary/aromatic N) is 4. The van der Waals surface area contributed by atoms with Gasteiger partial charge in [-0.25, -0.2) is 0 Å². The van der Waals surface area contributed by atoms with Crippen LogP contribution < -0.4 is 5.32 Å². The van der Waals surface area contributed by atoms with Crippen molar-refractivity contribution in [2.45, 2.75) is 13.5 Å². The van der Waals surface area contributed by atoms with E-state index in [0.29, 0.717) is 0 Å². The smallest absolute Gasteiger partial charge is 0.148 e. The maximum absolute atomic E-state index is 4.19. The molecule has 5 nitrogen and oxygen atoms in total. The van der Waals surface area contributed by atoms with Crippen LogP contribution in [0.4, 0.5) is 5.82 Å². The van der Waals surface area contributed by atoms with Crippen LogP contribution in [0.1, 0.15) is 6.92 Å². The first kappa shape index (κ1) is 9.64. The van der Waals surface area contributed by atoms with Crippen LogP contribution in [0.3, 0.4) is 0 Å². The third-order valence-electron chi connectivity index (χ3n) is 2.17. The number of aryl methyl sites for hydroxylation is 1. The highest BCUT2D eigenvalue weighted by molar-refractivity contribution is 5.57. The Kier molecular flexibility index (Phi) is 2.62. The first-order valence-corrected chi connectivity index (χ1v) is 4.87. The molecule has 0 aliphatic heterocycles. The number of aromatic nitrogens is 4. The number of rotatable bonds is 3. The molecule has 2 aromatic heterocycles. The Morgan fingerprint density at radius 3 is 2.73 bits per heavy atom. The summed E-state index contributed by atoms with van der Waals surface area (Å²) >= 11 is 0. The van der Waals surface area contributed by atoms with E-state index in [0.717, 1.165) is 23.6 Å². The van der Waals surface area contributed by atoms with Gasteiger partial charge in [-0.1, -0.05) is 0 Å². The second-order valence-corrected chi connectivity index (χ2v) is 3.14. The number of hydrogen-bond acceptors (Lipinski definition) is 4. The summed E-state index contributed by atoms with van der Waals surface area (Å²) in [6.07, 6.45) is 3.76. The highest BCUT2D eigenvalue weighted by Gasteiger charge is 2.02. The fourth-order valence-corrected chi connectivity index (χ4v) is 1.29. The Hall–Kier alpha value is -1.91. The van der Waals surface area contributed by atoms with E-state index in [-0.39, 0.29) is 0 Å². The fourth-order valence-electron chi connectivity index (χ4n) is 1.29. The summed E-state index contributed by atoms with van der Waals surface area (Å²) in [7, 11) is 1.82. The molecule has 2 heterocycles. The van der Waals surface area contributed by atoms with Crippen molar-refractivity contribution >= 4 is 5.82 Å². The summed E-state index contributed by atoms with van der Waals surface area (Å²) in [6.45, 7) is 2.91. The quantitative estimate of drug-likeness (QED) is 0.819. The zero-order chi connectivity index (χ0) is 10.7. The second kappa shape index (κ2) is 4.08. The van der Waals surface area contributed by atoms with Gasteiger partial charge < -0.3 is 5.32 Å². The number of nitrogens with one attached hydrogen (secondary N) is 1. The Bertz CT molecular complexity index is 431. The molecule has 2 aromatic rings. The third kappa shape index (κ3) is 1.96. The minimum absolute atomic E-state index is 0.765. The summed E-state index contributed by atoms with van der Waals surface area (Å²) in [5.41, 5.74) is 1.83. The lowest BCUT2D eigenvalue weighted by atomic mass is 10.2. The maximum Gasteiger partial charge on any atom is 0.148 e. The van der Waals surface area contributed by atoms with Gasteiger partial charge in [0.15, 0.2) is 0 Å². The topological polar surface area (TPSA) is 55.6 Å². The molecule has 0 saturated carbocycles. The molecule has 0 bridgehead atoms. The van der Waals surface area contributed by atoms with Crippen LogP contribution in [-0.2, 0) is 6.54 Å². The largest absolute Gasteiger partial charge is 0.372 e. The molecule has 15 heavy (non-hydrogen) atoms. The van der Waals surface area contributed by atoms with Crippen LogP contribution in [-0.4, -0.2) is 27.0 Å². The van der Waals surface area contributed by atoms with Gasteiger partial charge >= 0.3 is 0 Å². The predicted octanol–water partition coefficient (Wildman–Crippen LogP) is 1.40. The summed E-state index contributed by atoms with van der Waals surface area (Å²) in [5, 5.41) is 15.2. The summed E-state index contributed by atoms with van der Waals surface area (Å²) in [6, 6.07) is 3.82. The zero-order valence-electron chi connectivity index (χ0n) is 8.81. The molecule has 0 atom stereocenters. The van der Waals surface area contributed by atoms with Gasteiger partial charge in [0.2, 0.25) is 0 Å². The molecule has 0 aliphatic carbocycles. The Balaban J connectivity index is 2.28. The van der Waals surface area contributed by atoms with Gasteiger partial charge in [-0.3, -0.25) is 4.68 Å². The third-order valence-corrected chi connectivity index (χ3v) is 2.17. The molecule has 0 fully saturated rings. The lowest BCUT2D eigenvalue weighted by Gasteiger charge is -1.98. The van der Waals surface area contributed by atoms with Crippen molar-refractivity contribution in [3.05, 3.63) is 24.5 Å². The molecule has 0 spiro atoms. The standard InChI is InChI=1S/C10H13N5/c1-3-15-7-8(6-12-15)9-4-5-10(11-2)14-13-9/h4-7H,3H2,1-2H3,(H,11,14). The summed E-state index contributed by atoms with van der Waals surface area (Å²) in [5.74, 6) is 0.765. The molecule has 0 saturated heterocycles. The van der Waals surface area contributed by atoms with E-state index in [9.17, 15) is 0 Å². The summed E-state index contributed by atoms with van der Waals surface area (Å²) in [4.78, 5) is 0. The molecule has 0 aromatic carbocycles. The van der Waals surface area contributed by atoms with Crippen LogP contribution in [0.5, 0.6) is 0 Å². The van der Waals surface area contributed by atoms with Gasteiger partial charge in [0.1, 0.15) is 5.82 Å². The number of hydrogen-bond donors (Lipinski definition) is 1. The predicted molar refractivity (Wildman–Crippen MR) is 58.5 cm³/mol. The van der Waals surface area contributed by atoms with E-state index in [4.69, 9.17) is 0 Å². The lowest BCUT2D eigenvalue weighted by Crippen LogP contribution is -1.95. The van der Waals surface area contributed by atoms with Crippen molar-refractivity contribution in [1.82, 2.24) is 20.0 Å². The van der Waals surface area contributed by atoms with Crippen molar-refractivity contribution in [3.63, 3.8) is 0 Å². The van der Waals surface area contributed by atoms with Gasteiger partial charge in [-0.05, 0) is 19.1 Å². The average molecular weight is 203 g/mol. The van der Waals surface area contributed by atoms with E-state index in [1.54, 1.807) is 6.20 Å². The van der Waals surface area contributed by atoms with Crippen molar-refractivity contribution in [2.75, 3.05) is 12.4 Å². The molecule has 2 rings (SSSR count).